The van der Waals surface area contributed by atoms with Gasteiger partial charge in [0.25, 0.3) is 0 Å². The maximum atomic E-state index is 5.31. The topological polar surface area (TPSA) is 21.3 Å². The molecule has 1 heterocycles. The van der Waals surface area contributed by atoms with Crippen molar-refractivity contribution in [1.82, 2.24) is 5.32 Å². The van der Waals surface area contributed by atoms with Crippen molar-refractivity contribution in [2.24, 2.45) is 0 Å². The van der Waals surface area contributed by atoms with Crippen LogP contribution in [0, 0.1) is 0 Å². The van der Waals surface area contributed by atoms with Gasteiger partial charge in [0.05, 0.1) is 0 Å². The Hall–Kier alpha value is -0.380. The van der Waals surface area contributed by atoms with Crippen LogP contribution in [0.2, 0.25) is 0 Å². The van der Waals surface area contributed by atoms with Crippen LogP contribution in [0.15, 0.2) is 17.5 Å². The zero-order valence-corrected chi connectivity index (χ0v) is 11.2. The molecule has 0 radical (unpaired) electrons. The fourth-order valence-corrected chi connectivity index (χ4v) is 2.57. The number of ether oxygens (including phenoxy) is 1. The molecule has 3 heteroatoms. The molecule has 1 aromatic rings. The molecule has 1 rings (SSSR count). The van der Waals surface area contributed by atoms with Crippen LogP contribution < -0.4 is 5.32 Å². The summed E-state index contributed by atoms with van der Waals surface area (Å²) in [5.74, 6) is 0. The minimum absolute atomic E-state index is 0.534. The van der Waals surface area contributed by atoms with Crippen molar-refractivity contribution in [3.63, 3.8) is 0 Å². The van der Waals surface area contributed by atoms with Gasteiger partial charge >= 0.3 is 0 Å². The van der Waals surface area contributed by atoms with Crippen LogP contribution in [0.25, 0.3) is 0 Å². The predicted octanol–water partition coefficient (Wildman–Crippen LogP) is 3.61. The van der Waals surface area contributed by atoms with Crippen molar-refractivity contribution in [3.05, 3.63) is 22.4 Å². The zero-order chi connectivity index (χ0) is 11.6. The molecule has 16 heavy (non-hydrogen) atoms. The average Bonchev–Trinajstić information content (AvgIpc) is 2.82. The lowest BCUT2D eigenvalue weighted by molar-refractivity contribution is 0.143. The Morgan fingerprint density at radius 2 is 2.25 bits per heavy atom. The summed E-state index contributed by atoms with van der Waals surface area (Å²) in [6.07, 6.45) is 3.51. The second-order valence-corrected chi connectivity index (χ2v) is 4.81. The molecular weight excluding hydrogens is 218 g/mol. The van der Waals surface area contributed by atoms with Gasteiger partial charge in [0, 0.05) is 24.1 Å². The van der Waals surface area contributed by atoms with Crippen LogP contribution in [0.3, 0.4) is 0 Å². The molecule has 0 aliphatic carbocycles. The Morgan fingerprint density at radius 1 is 1.38 bits per heavy atom. The van der Waals surface area contributed by atoms with E-state index in [1.807, 2.05) is 18.3 Å². The number of nitrogens with one attached hydrogen (secondary N) is 1. The molecule has 1 unspecified atom stereocenters. The fourth-order valence-electron chi connectivity index (χ4n) is 1.69. The highest BCUT2D eigenvalue weighted by molar-refractivity contribution is 7.10. The van der Waals surface area contributed by atoms with Crippen LogP contribution in [0.1, 0.15) is 44.0 Å². The third kappa shape index (κ3) is 5.10. The summed E-state index contributed by atoms with van der Waals surface area (Å²) in [4.78, 5) is 1.45. The standard InChI is InChI=1S/C13H23NOS/c1-3-12(13-8-7-11-16-13)14-9-5-6-10-15-4-2/h7-8,11-12,14H,3-6,9-10H2,1-2H3. The molecule has 0 amide bonds. The van der Waals surface area contributed by atoms with Crippen LogP contribution in [-0.2, 0) is 4.74 Å². The molecule has 1 aromatic heterocycles. The zero-order valence-electron chi connectivity index (χ0n) is 10.4. The van der Waals surface area contributed by atoms with Crippen LogP contribution in [0.4, 0.5) is 0 Å². The minimum atomic E-state index is 0.534. The summed E-state index contributed by atoms with van der Waals surface area (Å²) in [5.41, 5.74) is 0. The van der Waals surface area contributed by atoms with E-state index in [0.29, 0.717) is 6.04 Å². The normalized spacial score (nSPS) is 12.9. The average molecular weight is 241 g/mol. The van der Waals surface area contributed by atoms with Crippen molar-refractivity contribution >= 4 is 11.3 Å². The van der Waals surface area contributed by atoms with E-state index >= 15 is 0 Å². The molecule has 1 atom stereocenters. The van der Waals surface area contributed by atoms with E-state index in [-0.39, 0.29) is 0 Å². The Kier molecular flexibility index (Phi) is 7.47. The summed E-state index contributed by atoms with van der Waals surface area (Å²) in [6.45, 7) is 7.09. The first-order valence-corrected chi connectivity index (χ1v) is 7.11. The monoisotopic (exact) mass is 241 g/mol. The molecule has 0 aromatic carbocycles. The Labute approximate surface area is 103 Å². The molecule has 92 valence electrons. The van der Waals surface area contributed by atoms with Crippen molar-refractivity contribution in [1.29, 1.82) is 0 Å². The third-order valence-corrected chi connectivity index (χ3v) is 3.59. The van der Waals surface area contributed by atoms with Gasteiger partial charge in [-0.25, -0.2) is 0 Å². The SMILES string of the molecule is CCOCCCCNC(CC)c1cccs1. The molecule has 0 spiro atoms. The van der Waals surface area contributed by atoms with Crippen LogP contribution in [-0.4, -0.2) is 19.8 Å². The first kappa shape index (κ1) is 13.7. The molecule has 1 N–H and O–H groups in total. The van der Waals surface area contributed by atoms with Gasteiger partial charge in [-0.05, 0) is 44.2 Å². The van der Waals surface area contributed by atoms with E-state index in [0.717, 1.165) is 32.6 Å². The highest BCUT2D eigenvalue weighted by atomic mass is 32.1. The van der Waals surface area contributed by atoms with Gasteiger partial charge in [0.2, 0.25) is 0 Å². The van der Waals surface area contributed by atoms with E-state index in [9.17, 15) is 0 Å². The quantitative estimate of drug-likeness (QED) is 0.667. The van der Waals surface area contributed by atoms with E-state index in [2.05, 4.69) is 29.8 Å². The van der Waals surface area contributed by atoms with E-state index in [4.69, 9.17) is 4.74 Å². The highest BCUT2D eigenvalue weighted by Gasteiger charge is 2.08. The minimum Gasteiger partial charge on any atom is -0.382 e. The molecular formula is C13H23NOS. The Bertz CT molecular complexity index is 248. The number of hydrogen-bond acceptors (Lipinski definition) is 3. The maximum Gasteiger partial charge on any atom is 0.0466 e. The predicted molar refractivity (Wildman–Crippen MR) is 71.1 cm³/mol. The summed E-state index contributed by atoms with van der Waals surface area (Å²) in [7, 11) is 0. The van der Waals surface area contributed by atoms with Crippen molar-refractivity contribution in [3.8, 4) is 0 Å². The number of rotatable bonds is 9. The molecule has 0 aliphatic heterocycles. The van der Waals surface area contributed by atoms with Crippen LogP contribution >= 0.6 is 11.3 Å². The molecule has 0 saturated heterocycles. The highest BCUT2D eigenvalue weighted by Crippen LogP contribution is 2.21. The largest absolute Gasteiger partial charge is 0.382 e. The first-order chi connectivity index (χ1) is 7.88. The lowest BCUT2D eigenvalue weighted by Crippen LogP contribution is -2.21. The smallest absolute Gasteiger partial charge is 0.0466 e. The summed E-state index contributed by atoms with van der Waals surface area (Å²) in [6, 6.07) is 4.87. The van der Waals surface area contributed by atoms with Gasteiger partial charge in [-0.15, -0.1) is 11.3 Å². The summed E-state index contributed by atoms with van der Waals surface area (Å²) in [5, 5.41) is 5.75. The summed E-state index contributed by atoms with van der Waals surface area (Å²) < 4.78 is 5.31. The van der Waals surface area contributed by atoms with Gasteiger partial charge in [0.1, 0.15) is 0 Å². The fraction of sp³-hybridized carbons (Fsp3) is 0.692. The van der Waals surface area contributed by atoms with Gasteiger partial charge in [0.15, 0.2) is 0 Å². The number of unbranched alkanes of at least 4 members (excludes halogenated alkanes) is 1. The Balaban J connectivity index is 2.11. The van der Waals surface area contributed by atoms with Crippen molar-refractivity contribution < 1.29 is 4.74 Å². The van der Waals surface area contributed by atoms with E-state index in [1.54, 1.807) is 0 Å². The molecule has 0 aliphatic rings. The van der Waals surface area contributed by atoms with Gasteiger partial charge < -0.3 is 10.1 Å². The molecule has 0 bridgehead atoms. The third-order valence-electron chi connectivity index (χ3n) is 2.61. The molecule has 0 saturated carbocycles. The Morgan fingerprint density at radius 3 is 2.88 bits per heavy atom. The summed E-state index contributed by atoms with van der Waals surface area (Å²) >= 11 is 1.84. The molecule has 0 fully saturated rings. The molecule has 2 nitrogen and oxygen atoms in total. The van der Waals surface area contributed by atoms with E-state index < -0.39 is 0 Å². The lowest BCUT2D eigenvalue weighted by Gasteiger charge is -2.15. The lowest BCUT2D eigenvalue weighted by atomic mass is 10.2. The van der Waals surface area contributed by atoms with Gasteiger partial charge in [-0.1, -0.05) is 13.0 Å². The van der Waals surface area contributed by atoms with Crippen LogP contribution in [0.5, 0.6) is 0 Å². The number of thiophene rings is 1. The second kappa shape index (κ2) is 8.74. The van der Waals surface area contributed by atoms with Gasteiger partial charge in [-0.3, -0.25) is 0 Å². The first-order valence-electron chi connectivity index (χ1n) is 6.23. The maximum absolute atomic E-state index is 5.31. The van der Waals surface area contributed by atoms with Gasteiger partial charge in [-0.2, -0.15) is 0 Å². The second-order valence-electron chi connectivity index (χ2n) is 3.83. The van der Waals surface area contributed by atoms with Crippen molar-refractivity contribution in [2.45, 2.75) is 39.2 Å². The number of hydrogen-bond donors (Lipinski definition) is 1. The van der Waals surface area contributed by atoms with E-state index in [1.165, 1.54) is 11.3 Å². The van der Waals surface area contributed by atoms with Crippen molar-refractivity contribution in [2.75, 3.05) is 19.8 Å².